The van der Waals surface area contributed by atoms with Gasteiger partial charge >= 0.3 is 5.97 Å². The fourth-order valence-electron chi connectivity index (χ4n) is 3.67. The lowest BCUT2D eigenvalue weighted by Gasteiger charge is -2.27. The van der Waals surface area contributed by atoms with Gasteiger partial charge in [-0.25, -0.2) is 0 Å². The van der Waals surface area contributed by atoms with Crippen molar-refractivity contribution in [2.75, 3.05) is 6.54 Å². The number of carbonyl (C=O) groups is 2. The molecule has 2 rings (SSSR count). The minimum absolute atomic E-state index is 0.0532. The fraction of sp³-hybridized carbons (Fsp3) is 0.867. The minimum atomic E-state index is -0.798. The first kappa shape index (κ1) is 14.4. The van der Waals surface area contributed by atoms with Crippen molar-refractivity contribution in [3.63, 3.8) is 0 Å². The Bertz CT molecular complexity index is 336. The van der Waals surface area contributed by atoms with E-state index < -0.39 is 5.97 Å². The van der Waals surface area contributed by atoms with Crippen molar-refractivity contribution in [1.82, 2.24) is 4.90 Å². The Morgan fingerprint density at radius 1 is 1.21 bits per heavy atom. The van der Waals surface area contributed by atoms with Crippen LogP contribution in [0, 0.1) is 11.8 Å². The molecule has 2 atom stereocenters. The van der Waals surface area contributed by atoms with Crippen molar-refractivity contribution in [2.45, 2.75) is 64.3 Å². The van der Waals surface area contributed by atoms with Crippen molar-refractivity contribution in [2.24, 2.45) is 11.8 Å². The number of carboxylic acids is 1. The lowest BCUT2D eigenvalue weighted by molar-refractivity contribution is -0.141. The average Bonchev–Trinajstić information content (AvgIpc) is 2.98. The van der Waals surface area contributed by atoms with E-state index in [4.69, 9.17) is 5.11 Å². The standard InChI is InChI=1S/C15H25NO3/c1-11(9-12-5-2-3-6-12)15(19)16-8-4-7-13(16)10-14(17)18/h11-13H,2-10H2,1H3,(H,17,18). The zero-order valence-corrected chi connectivity index (χ0v) is 11.8. The Balaban J connectivity index is 1.87. The highest BCUT2D eigenvalue weighted by Crippen LogP contribution is 2.32. The third-order valence-corrected chi connectivity index (χ3v) is 4.65. The molecule has 4 nitrogen and oxygen atoms in total. The van der Waals surface area contributed by atoms with E-state index in [-0.39, 0.29) is 24.3 Å². The van der Waals surface area contributed by atoms with Crippen LogP contribution in [0.15, 0.2) is 0 Å². The normalized spacial score (nSPS) is 25.7. The van der Waals surface area contributed by atoms with Crippen LogP contribution in [0.2, 0.25) is 0 Å². The van der Waals surface area contributed by atoms with E-state index in [0.717, 1.165) is 25.8 Å². The molecule has 2 fully saturated rings. The summed E-state index contributed by atoms with van der Waals surface area (Å²) in [5.41, 5.74) is 0. The second kappa shape index (κ2) is 6.40. The summed E-state index contributed by atoms with van der Waals surface area (Å²) in [6.07, 6.45) is 7.99. The van der Waals surface area contributed by atoms with Crippen molar-refractivity contribution in [3.8, 4) is 0 Å². The Kier molecular flexibility index (Phi) is 4.83. The van der Waals surface area contributed by atoms with Crippen molar-refractivity contribution < 1.29 is 14.7 Å². The molecule has 1 heterocycles. The molecular formula is C15H25NO3. The van der Waals surface area contributed by atoms with E-state index in [1.165, 1.54) is 25.7 Å². The highest BCUT2D eigenvalue weighted by molar-refractivity contribution is 5.80. The molecule has 4 heteroatoms. The number of rotatable bonds is 5. The Hall–Kier alpha value is -1.06. The van der Waals surface area contributed by atoms with Crippen LogP contribution in [0.3, 0.4) is 0 Å². The number of carbonyl (C=O) groups excluding carboxylic acids is 1. The molecule has 0 aromatic heterocycles. The molecule has 2 aliphatic rings. The average molecular weight is 267 g/mol. The molecule has 0 spiro atoms. The second-order valence-electron chi connectivity index (χ2n) is 6.21. The molecule has 19 heavy (non-hydrogen) atoms. The predicted octanol–water partition coefficient (Wildman–Crippen LogP) is 2.67. The number of carboxylic acid groups (broad SMARTS) is 1. The van der Waals surface area contributed by atoms with Crippen LogP contribution in [0.4, 0.5) is 0 Å². The molecule has 0 aromatic carbocycles. The number of likely N-dealkylation sites (tertiary alicyclic amines) is 1. The van der Waals surface area contributed by atoms with Gasteiger partial charge in [-0.15, -0.1) is 0 Å². The highest BCUT2D eigenvalue weighted by Gasteiger charge is 2.33. The van der Waals surface area contributed by atoms with E-state index >= 15 is 0 Å². The van der Waals surface area contributed by atoms with Crippen LogP contribution in [-0.2, 0) is 9.59 Å². The first-order valence-corrected chi connectivity index (χ1v) is 7.60. The van der Waals surface area contributed by atoms with E-state index in [1.807, 2.05) is 11.8 Å². The van der Waals surface area contributed by atoms with Crippen LogP contribution >= 0.6 is 0 Å². The van der Waals surface area contributed by atoms with E-state index in [9.17, 15) is 9.59 Å². The van der Waals surface area contributed by atoms with Gasteiger partial charge in [0, 0.05) is 18.5 Å². The molecule has 1 saturated carbocycles. The summed E-state index contributed by atoms with van der Waals surface area (Å²) in [5, 5.41) is 8.90. The summed E-state index contributed by atoms with van der Waals surface area (Å²) in [6.45, 7) is 2.75. The summed E-state index contributed by atoms with van der Waals surface area (Å²) in [6, 6.07) is -0.0731. The number of hydrogen-bond acceptors (Lipinski definition) is 2. The number of hydrogen-bond donors (Lipinski definition) is 1. The van der Waals surface area contributed by atoms with E-state index in [1.54, 1.807) is 0 Å². The summed E-state index contributed by atoms with van der Waals surface area (Å²) >= 11 is 0. The quantitative estimate of drug-likeness (QED) is 0.833. The first-order chi connectivity index (χ1) is 9.08. The molecule has 1 aliphatic heterocycles. The molecule has 0 bridgehead atoms. The van der Waals surface area contributed by atoms with Gasteiger partial charge in [0.05, 0.1) is 6.42 Å². The Morgan fingerprint density at radius 2 is 1.89 bits per heavy atom. The smallest absolute Gasteiger partial charge is 0.305 e. The zero-order valence-electron chi connectivity index (χ0n) is 11.8. The molecule has 1 saturated heterocycles. The first-order valence-electron chi connectivity index (χ1n) is 7.60. The summed E-state index contributed by atoms with van der Waals surface area (Å²) < 4.78 is 0. The van der Waals surface area contributed by atoms with Gasteiger partial charge < -0.3 is 10.0 Å². The molecule has 1 N–H and O–H groups in total. The monoisotopic (exact) mass is 267 g/mol. The maximum atomic E-state index is 12.5. The number of nitrogens with zero attached hydrogens (tertiary/aromatic N) is 1. The Morgan fingerprint density at radius 3 is 2.53 bits per heavy atom. The summed E-state index contributed by atoms with van der Waals surface area (Å²) in [4.78, 5) is 25.1. The molecular weight excluding hydrogens is 242 g/mol. The van der Waals surface area contributed by atoms with Crippen molar-refractivity contribution in [3.05, 3.63) is 0 Å². The molecule has 2 unspecified atom stereocenters. The van der Waals surface area contributed by atoms with Crippen LogP contribution in [0.5, 0.6) is 0 Å². The maximum absolute atomic E-state index is 12.5. The predicted molar refractivity (Wildman–Crippen MR) is 72.7 cm³/mol. The highest BCUT2D eigenvalue weighted by atomic mass is 16.4. The van der Waals surface area contributed by atoms with Gasteiger partial charge in [-0.3, -0.25) is 9.59 Å². The topological polar surface area (TPSA) is 57.6 Å². The van der Waals surface area contributed by atoms with Gasteiger partial charge in [-0.2, -0.15) is 0 Å². The Labute approximate surface area is 115 Å². The summed E-state index contributed by atoms with van der Waals surface area (Å²) in [7, 11) is 0. The second-order valence-corrected chi connectivity index (χ2v) is 6.21. The van der Waals surface area contributed by atoms with Gasteiger partial charge in [-0.05, 0) is 25.2 Å². The molecule has 1 aliphatic carbocycles. The lowest BCUT2D eigenvalue weighted by atomic mass is 9.93. The third kappa shape index (κ3) is 3.71. The minimum Gasteiger partial charge on any atom is -0.481 e. The van der Waals surface area contributed by atoms with Crippen molar-refractivity contribution >= 4 is 11.9 Å². The van der Waals surface area contributed by atoms with Gasteiger partial charge in [0.2, 0.25) is 5.91 Å². The van der Waals surface area contributed by atoms with Gasteiger partial charge in [-0.1, -0.05) is 32.6 Å². The van der Waals surface area contributed by atoms with Gasteiger partial charge in [0.1, 0.15) is 0 Å². The third-order valence-electron chi connectivity index (χ3n) is 4.65. The summed E-state index contributed by atoms with van der Waals surface area (Å²) in [5.74, 6) is 0.140. The fourth-order valence-corrected chi connectivity index (χ4v) is 3.67. The van der Waals surface area contributed by atoms with Crippen LogP contribution in [-0.4, -0.2) is 34.5 Å². The molecule has 1 amide bonds. The van der Waals surface area contributed by atoms with Crippen LogP contribution in [0.25, 0.3) is 0 Å². The molecule has 0 radical (unpaired) electrons. The van der Waals surface area contributed by atoms with Gasteiger partial charge in [0.25, 0.3) is 0 Å². The zero-order chi connectivity index (χ0) is 13.8. The molecule has 0 aromatic rings. The largest absolute Gasteiger partial charge is 0.481 e. The number of aliphatic carboxylic acids is 1. The van der Waals surface area contributed by atoms with Crippen LogP contribution < -0.4 is 0 Å². The van der Waals surface area contributed by atoms with Crippen LogP contribution in [0.1, 0.15) is 58.3 Å². The maximum Gasteiger partial charge on any atom is 0.305 e. The van der Waals surface area contributed by atoms with Crippen molar-refractivity contribution in [1.29, 1.82) is 0 Å². The lowest BCUT2D eigenvalue weighted by Crippen LogP contribution is -2.40. The van der Waals surface area contributed by atoms with Gasteiger partial charge in [0.15, 0.2) is 0 Å². The van der Waals surface area contributed by atoms with E-state index in [2.05, 4.69) is 0 Å². The van der Waals surface area contributed by atoms with E-state index in [0.29, 0.717) is 5.92 Å². The SMILES string of the molecule is CC(CC1CCCC1)C(=O)N1CCCC1CC(=O)O. The molecule has 108 valence electrons. The number of amides is 1.